The fourth-order valence-electron chi connectivity index (χ4n) is 0.955. The summed E-state index contributed by atoms with van der Waals surface area (Å²) in [6, 6.07) is 9.47. The fraction of sp³-hybridized carbons (Fsp3) is 0.385. The van der Waals surface area contributed by atoms with Crippen LogP contribution in [0, 0.1) is 17.3 Å². The van der Waals surface area contributed by atoms with Gasteiger partial charge in [0.15, 0.2) is 0 Å². The smallest absolute Gasteiger partial charge is 0.122 e. The molecule has 1 aromatic rings. The van der Waals surface area contributed by atoms with E-state index in [4.69, 9.17) is 5.11 Å². The van der Waals surface area contributed by atoms with Gasteiger partial charge in [-0.1, -0.05) is 43.9 Å². The van der Waals surface area contributed by atoms with Gasteiger partial charge in [-0.05, 0) is 12.1 Å². The molecule has 1 rings (SSSR count). The first-order valence-corrected chi connectivity index (χ1v) is 4.92. The van der Waals surface area contributed by atoms with Crippen LogP contribution in [0.1, 0.15) is 19.4 Å². The van der Waals surface area contributed by atoms with Crippen LogP contribution in [0.2, 0.25) is 0 Å². The van der Waals surface area contributed by atoms with E-state index in [-0.39, 0.29) is 6.61 Å². The Morgan fingerprint density at radius 1 is 1.27 bits per heavy atom. The van der Waals surface area contributed by atoms with Gasteiger partial charge in [0.05, 0.1) is 6.61 Å². The third-order valence-electron chi connectivity index (χ3n) is 2.27. The molecule has 0 saturated heterocycles. The largest absolute Gasteiger partial charge is 0.396 e. The lowest BCUT2D eigenvalue weighted by Gasteiger charge is -2.23. The highest BCUT2D eigenvalue weighted by molar-refractivity contribution is 5.34. The van der Waals surface area contributed by atoms with Crippen LogP contribution in [-0.4, -0.2) is 22.9 Å². The Labute approximate surface area is 90.6 Å². The molecule has 0 aliphatic heterocycles. The molecule has 0 bridgehead atoms. The minimum absolute atomic E-state index is 0.0857. The summed E-state index contributed by atoms with van der Waals surface area (Å²) >= 11 is 0. The minimum Gasteiger partial charge on any atom is -0.396 e. The lowest BCUT2D eigenvalue weighted by molar-refractivity contribution is 0.0441. The quantitative estimate of drug-likeness (QED) is 0.715. The molecule has 80 valence electrons. The molecule has 1 aromatic carbocycles. The average Bonchev–Trinajstić information content (AvgIpc) is 2.27. The number of rotatable bonds is 2. The van der Waals surface area contributed by atoms with Gasteiger partial charge < -0.3 is 10.2 Å². The van der Waals surface area contributed by atoms with Gasteiger partial charge in [-0.3, -0.25) is 0 Å². The molecule has 15 heavy (non-hydrogen) atoms. The predicted octanol–water partition coefficient (Wildman–Crippen LogP) is 1.42. The fourth-order valence-corrected chi connectivity index (χ4v) is 0.955. The maximum absolute atomic E-state index is 9.70. The van der Waals surface area contributed by atoms with Gasteiger partial charge in [0.25, 0.3) is 0 Å². The number of aliphatic hydroxyl groups excluding tert-OH is 2. The van der Waals surface area contributed by atoms with E-state index in [2.05, 4.69) is 11.8 Å². The van der Waals surface area contributed by atoms with E-state index in [1.807, 2.05) is 30.3 Å². The van der Waals surface area contributed by atoms with Crippen molar-refractivity contribution in [2.24, 2.45) is 5.41 Å². The van der Waals surface area contributed by atoms with Crippen LogP contribution in [-0.2, 0) is 0 Å². The van der Waals surface area contributed by atoms with Crippen molar-refractivity contribution in [2.75, 3.05) is 6.61 Å². The van der Waals surface area contributed by atoms with Crippen LogP contribution in [0.3, 0.4) is 0 Å². The summed E-state index contributed by atoms with van der Waals surface area (Å²) in [6.45, 7) is 3.46. The summed E-state index contributed by atoms with van der Waals surface area (Å²) in [5.74, 6) is 5.61. The van der Waals surface area contributed by atoms with Crippen LogP contribution in [0.25, 0.3) is 0 Å². The summed E-state index contributed by atoms with van der Waals surface area (Å²) in [6.07, 6.45) is -0.817. The van der Waals surface area contributed by atoms with Crippen molar-refractivity contribution in [3.63, 3.8) is 0 Å². The average molecular weight is 204 g/mol. The van der Waals surface area contributed by atoms with Crippen LogP contribution in [0.15, 0.2) is 30.3 Å². The predicted molar refractivity (Wildman–Crippen MR) is 60.2 cm³/mol. The summed E-state index contributed by atoms with van der Waals surface area (Å²) in [7, 11) is 0. The molecular weight excluding hydrogens is 188 g/mol. The first kappa shape index (κ1) is 11.8. The highest BCUT2D eigenvalue weighted by Crippen LogP contribution is 2.18. The molecule has 2 heteroatoms. The number of aliphatic hydroxyl groups is 2. The van der Waals surface area contributed by atoms with Crippen LogP contribution < -0.4 is 0 Å². The second-order valence-electron chi connectivity index (χ2n) is 4.18. The third kappa shape index (κ3) is 3.39. The molecule has 0 fully saturated rings. The van der Waals surface area contributed by atoms with Crippen LogP contribution in [0.5, 0.6) is 0 Å². The SMILES string of the molecule is CC(C)(CO)C(O)C#Cc1ccccc1. The highest BCUT2D eigenvalue weighted by atomic mass is 16.3. The first-order valence-electron chi connectivity index (χ1n) is 4.92. The molecule has 0 heterocycles. The first-order chi connectivity index (χ1) is 7.06. The Kier molecular flexibility index (Phi) is 3.90. The van der Waals surface area contributed by atoms with Gasteiger partial charge in [0, 0.05) is 11.0 Å². The highest BCUT2D eigenvalue weighted by Gasteiger charge is 2.25. The van der Waals surface area contributed by atoms with Crippen molar-refractivity contribution in [3.8, 4) is 11.8 Å². The van der Waals surface area contributed by atoms with E-state index >= 15 is 0 Å². The van der Waals surface area contributed by atoms with E-state index < -0.39 is 11.5 Å². The van der Waals surface area contributed by atoms with Gasteiger partial charge in [0.1, 0.15) is 6.10 Å². The summed E-state index contributed by atoms with van der Waals surface area (Å²) in [5, 5.41) is 18.7. The molecule has 0 aromatic heterocycles. The standard InChI is InChI=1S/C13H16O2/c1-13(2,10-14)12(15)9-8-11-6-4-3-5-7-11/h3-7,12,14-15H,10H2,1-2H3. The second kappa shape index (κ2) is 4.97. The molecule has 0 saturated carbocycles. The van der Waals surface area contributed by atoms with Gasteiger partial charge in [-0.25, -0.2) is 0 Å². The maximum atomic E-state index is 9.70. The zero-order valence-corrected chi connectivity index (χ0v) is 9.07. The van der Waals surface area contributed by atoms with Crippen molar-refractivity contribution < 1.29 is 10.2 Å². The molecule has 2 N–H and O–H groups in total. The van der Waals surface area contributed by atoms with E-state index in [9.17, 15) is 5.11 Å². The normalized spacial score (nSPS) is 12.8. The van der Waals surface area contributed by atoms with Gasteiger partial charge in [-0.2, -0.15) is 0 Å². The molecule has 1 unspecified atom stereocenters. The van der Waals surface area contributed by atoms with Crippen molar-refractivity contribution >= 4 is 0 Å². The molecule has 1 atom stereocenters. The van der Waals surface area contributed by atoms with Gasteiger partial charge in [0.2, 0.25) is 0 Å². The lowest BCUT2D eigenvalue weighted by Crippen LogP contribution is -2.31. The van der Waals surface area contributed by atoms with E-state index in [0.29, 0.717) is 0 Å². The zero-order valence-electron chi connectivity index (χ0n) is 9.07. The Bertz CT molecular complexity index is 357. The number of benzene rings is 1. The van der Waals surface area contributed by atoms with E-state index in [1.54, 1.807) is 13.8 Å². The van der Waals surface area contributed by atoms with Crippen molar-refractivity contribution in [2.45, 2.75) is 20.0 Å². The molecule has 0 aliphatic carbocycles. The Hall–Kier alpha value is -1.30. The van der Waals surface area contributed by atoms with Crippen molar-refractivity contribution in [1.82, 2.24) is 0 Å². The zero-order chi connectivity index (χ0) is 11.3. The van der Waals surface area contributed by atoms with E-state index in [0.717, 1.165) is 5.56 Å². The molecule has 0 aliphatic rings. The lowest BCUT2D eigenvalue weighted by atomic mass is 9.88. The number of hydrogen-bond acceptors (Lipinski definition) is 2. The molecular formula is C13H16O2. The van der Waals surface area contributed by atoms with E-state index in [1.165, 1.54) is 0 Å². The topological polar surface area (TPSA) is 40.5 Å². The Balaban J connectivity index is 2.75. The van der Waals surface area contributed by atoms with Crippen molar-refractivity contribution in [3.05, 3.63) is 35.9 Å². The Morgan fingerprint density at radius 2 is 1.87 bits per heavy atom. The molecule has 0 amide bonds. The number of hydrogen-bond donors (Lipinski definition) is 2. The van der Waals surface area contributed by atoms with Crippen LogP contribution in [0.4, 0.5) is 0 Å². The second-order valence-corrected chi connectivity index (χ2v) is 4.18. The van der Waals surface area contributed by atoms with Crippen molar-refractivity contribution in [1.29, 1.82) is 0 Å². The molecule has 0 spiro atoms. The minimum atomic E-state index is -0.817. The molecule has 2 nitrogen and oxygen atoms in total. The van der Waals surface area contributed by atoms with Crippen LogP contribution >= 0.6 is 0 Å². The maximum Gasteiger partial charge on any atom is 0.122 e. The summed E-state index contributed by atoms with van der Waals surface area (Å²) < 4.78 is 0. The molecule has 0 radical (unpaired) electrons. The monoisotopic (exact) mass is 204 g/mol. The summed E-state index contributed by atoms with van der Waals surface area (Å²) in [4.78, 5) is 0. The third-order valence-corrected chi connectivity index (χ3v) is 2.27. The van der Waals surface area contributed by atoms with Gasteiger partial charge in [-0.15, -0.1) is 0 Å². The Morgan fingerprint density at radius 3 is 2.40 bits per heavy atom. The van der Waals surface area contributed by atoms with Gasteiger partial charge >= 0.3 is 0 Å². The summed E-state index contributed by atoms with van der Waals surface area (Å²) in [5.41, 5.74) is 0.284.